The smallest absolute Gasteiger partial charge is 0.270 e. The molecule has 0 bridgehead atoms. The molecule has 1 aliphatic heterocycles. The summed E-state index contributed by atoms with van der Waals surface area (Å²) in [4.78, 5) is 28.2. The van der Waals surface area contributed by atoms with Crippen molar-refractivity contribution >= 4 is 40.6 Å². The molecule has 1 aliphatic rings. The summed E-state index contributed by atoms with van der Waals surface area (Å²) in [5, 5.41) is 6.58. The summed E-state index contributed by atoms with van der Waals surface area (Å²) in [5.74, 6) is -0.332. The van der Waals surface area contributed by atoms with Crippen LogP contribution in [-0.2, 0) is 4.79 Å². The first-order chi connectivity index (χ1) is 10.7. The third-order valence-corrected chi connectivity index (χ3v) is 5.13. The lowest BCUT2D eigenvalue weighted by atomic mass is 10.3. The van der Waals surface area contributed by atoms with Gasteiger partial charge in [0.1, 0.15) is 5.70 Å². The molecule has 2 amide bonds. The second kappa shape index (κ2) is 6.89. The van der Waals surface area contributed by atoms with Crippen LogP contribution in [0.5, 0.6) is 0 Å². The molecule has 114 valence electrons. The predicted molar refractivity (Wildman–Crippen MR) is 89.9 cm³/mol. The van der Waals surface area contributed by atoms with Crippen molar-refractivity contribution in [3.63, 3.8) is 0 Å². The Hall–Kier alpha value is -1.92. The van der Waals surface area contributed by atoms with E-state index in [1.54, 1.807) is 17.0 Å². The number of nitrogens with one attached hydrogen (secondary N) is 1. The van der Waals surface area contributed by atoms with Crippen LogP contribution in [0.25, 0.3) is 6.08 Å². The van der Waals surface area contributed by atoms with Crippen LogP contribution in [0, 0.1) is 0 Å². The van der Waals surface area contributed by atoms with E-state index in [0.717, 1.165) is 30.8 Å². The maximum absolute atomic E-state index is 12.6. The molecule has 22 heavy (non-hydrogen) atoms. The van der Waals surface area contributed by atoms with Gasteiger partial charge >= 0.3 is 0 Å². The first kappa shape index (κ1) is 15.0. The highest BCUT2D eigenvalue weighted by atomic mass is 32.1. The Kier molecular flexibility index (Phi) is 4.70. The van der Waals surface area contributed by atoms with Crippen LogP contribution in [0.3, 0.4) is 0 Å². The molecule has 0 saturated carbocycles. The highest BCUT2D eigenvalue weighted by Gasteiger charge is 2.23. The van der Waals surface area contributed by atoms with Gasteiger partial charge in [-0.05, 0) is 41.8 Å². The average molecular weight is 332 g/mol. The monoisotopic (exact) mass is 332 g/mol. The van der Waals surface area contributed by atoms with Crippen molar-refractivity contribution in [3.8, 4) is 0 Å². The van der Waals surface area contributed by atoms with Crippen molar-refractivity contribution in [2.24, 2.45) is 0 Å². The van der Waals surface area contributed by atoms with Gasteiger partial charge < -0.3 is 10.2 Å². The quantitative estimate of drug-likeness (QED) is 0.874. The van der Waals surface area contributed by atoms with Gasteiger partial charge in [0.15, 0.2) is 0 Å². The summed E-state index contributed by atoms with van der Waals surface area (Å²) in [6, 6.07) is 7.43. The Morgan fingerprint density at radius 1 is 1.09 bits per heavy atom. The molecule has 2 aromatic rings. The summed E-state index contributed by atoms with van der Waals surface area (Å²) in [6.45, 7) is 1.52. The van der Waals surface area contributed by atoms with E-state index in [1.165, 1.54) is 22.7 Å². The minimum Gasteiger partial charge on any atom is -0.337 e. The lowest BCUT2D eigenvalue weighted by molar-refractivity contribution is -0.126. The fourth-order valence-electron chi connectivity index (χ4n) is 2.35. The van der Waals surface area contributed by atoms with Crippen LogP contribution in [0.15, 0.2) is 40.7 Å². The van der Waals surface area contributed by atoms with E-state index in [-0.39, 0.29) is 11.8 Å². The molecule has 1 fully saturated rings. The Bertz CT molecular complexity index is 669. The number of carbonyl (C=O) groups excluding carboxylic acids is 2. The number of nitrogens with zero attached hydrogens (tertiary/aromatic N) is 1. The molecule has 3 rings (SSSR count). The van der Waals surface area contributed by atoms with E-state index in [1.807, 2.05) is 29.0 Å². The van der Waals surface area contributed by atoms with Gasteiger partial charge in [-0.1, -0.05) is 12.1 Å². The van der Waals surface area contributed by atoms with Crippen molar-refractivity contribution in [3.05, 3.63) is 50.5 Å². The first-order valence-electron chi connectivity index (χ1n) is 7.13. The highest BCUT2D eigenvalue weighted by molar-refractivity contribution is 7.12. The number of carbonyl (C=O) groups is 2. The number of amides is 2. The maximum Gasteiger partial charge on any atom is 0.270 e. The van der Waals surface area contributed by atoms with Gasteiger partial charge in [-0.2, -0.15) is 0 Å². The van der Waals surface area contributed by atoms with Gasteiger partial charge in [-0.3, -0.25) is 9.59 Å². The second-order valence-corrected chi connectivity index (χ2v) is 6.93. The molecule has 0 aromatic carbocycles. The zero-order valence-corrected chi connectivity index (χ0v) is 13.6. The molecule has 6 heteroatoms. The van der Waals surface area contributed by atoms with Gasteiger partial charge in [-0.15, -0.1) is 22.7 Å². The van der Waals surface area contributed by atoms with E-state index < -0.39 is 0 Å². The van der Waals surface area contributed by atoms with Crippen molar-refractivity contribution in [1.29, 1.82) is 0 Å². The van der Waals surface area contributed by atoms with Crippen LogP contribution in [0.4, 0.5) is 0 Å². The summed E-state index contributed by atoms with van der Waals surface area (Å²) in [5.41, 5.74) is 0.350. The first-order valence-corrected chi connectivity index (χ1v) is 8.89. The lowest BCUT2D eigenvalue weighted by Crippen LogP contribution is -2.36. The van der Waals surface area contributed by atoms with Crippen molar-refractivity contribution in [2.75, 3.05) is 13.1 Å². The van der Waals surface area contributed by atoms with Crippen LogP contribution >= 0.6 is 22.7 Å². The number of thiophene rings is 2. The van der Waals surface area contributed by atoms with Crippen LogP contribution in [0.1, 0.15) is 27.4 Å². The fraction of sp³-hybridized carbons (Fsp3) is 0.250. The molecule has 4 nitrogen and oxygen atoms in total. The molecule has 0 aliphatic carbocycles. The molecule has 2 aromatic heterocycles. The summed E-state index contributed by atoms with van der Waals surface area (Å²) < 4.78 is 0. The SMILES string of the molecule is O=C(NC(=Cc1cccs1)C(=O)N1CCCC1)c1cccs1. The molecule has 1 N–H and O–H groups in total. The minimum absolute atomic E-state index is 0.101. The topological polar surface area (TPSA) is 49.4 Å². The fourth-order valence-corrected chi connectivity index (χ4v) is 3.63. The van der Waals surface area contributed by atoms with Crippen LogP contribution < -0.4 is 5.32 Å². The zero-order chi connectivity index (χ0) is 15.4. The number of likely N-dealkylation sites (tertiary alicyclic amines) is 1. The molecule has 0 radical (unpaired) electrons. The number of hydrogen-bond donors (Lipinski definition) is 1. The van der Waals surface area contributed by atoms with Gasteiger partial charge in [0.2, 0.25) is 0 Å². The molecule has 0 atom stereocenters. The normalized spacial score (nSPS) is 15.1. The summed E-state index contributed by atoms with van der Waals surface area (Å²) in [6.07, 6.45) is 3.81. The van der Waals surface area contributed by atoms with Crippen molar-refractivity contribution in [1.82, 2.24) is 10.2 Å². The van der Waals surface area contributed by atoms with Gasteiger partial charge in [0.05, 0.1) is 4.88 Å². The molecule has 0 unspecified atom stereocenters. The largest absolute Gasteiger partial charge is 0.337 e. The van der Waals surface area contributed by atoms with E-state index >= 15 is 0 Å². The third kappa shape index (κ3) is 3.45. The Labute approximate surface area is 137 Å². The van der Waals surface area contributed by atoms with Crippen LogP contribution in [-0.4, -0.2) is 29.8 Å². The third-order valence-electron chi connectivity index (χ3n) is 3.45. The number of hydrogen-bond acceptors (Lipinski definition) is 4. The zero-order valence-electron chi connectivity index (χ0n) is 12.0. The van der Waals surface area contributed by atoms with Crippen molar-refractivity contribution in [2.45, 2.75) is 12.8 Å². The Balaban J connectivity index is 1.82. The molecular formula is C16H16N2O2S2. The summed E-state index contributed by atoms with van der Waals surface area (Å²) in [7, 11) is 0. The van der Waals surface area contributed by atoms with Gasteiger partial charge in [0, 0.05) is 18.0 Å². The van der Waals surface area contributed by atoms with Crippen molar-refractivity contribution < 1.29 is 9.59 Å². The highest BCUT2D eigenvalue weighted by Crippen LogP contribution is 2.17. The minimum atomic E-state index is -0.231. The van der Waals surface area contributed by atoms with E-state index in [2.05, 4.69) is 5.32 Å². The molecular weight excluding hydrogens is 316 g/mol. The molecule has 3 heterocycles. The van der Waals surface area contributed by atoms with E-state index in [9.17, 15) is 9.59 Å². The maximum atomic E-state index is 12.6. The van der Waals surface area contributed by atoms with Gasteiger partial charge in [0.25, 0.3) is 11.8 Å². The number of rotatable bonds is 4. The predicted octanol–water partition coefficient (Wildman–Crippen LogP) is 3.20. The average Bonchev–Trinajstić information content (AvgIpc) is 3.26. The summed E-state index contributed by atoms with van der Waals surface area (Å²) >= 11 is 2.90. The van der Waals surface area contributed by atoms with E-state index in [0.29, 0.717) is 10.6 Å². The van der Waals surface area contributed by atoms with Gasteiger partial charge in [-0.25, -0.2) is 0 Å². The Morgan fingerprint density at radius 2 is 1.82 bits per heavy atom. The molecule has 0 spiro atoms. The van der Waals surface area contributed by atoms with E-state index in [4.69, 9.17) is 0 Å². The second-order valence-electron chi connectivity index (χ2n) is 5.00. The lowest BCUT2D eigenvalue weighted by Gasteiger charge is -2.17. The van der Waals surface area contributed by atoms with Crippen LogP contribution in [0.2, 0.25) is 0 Å². The molecule has 1 saturated heterocycles. The standard InChI is InChI=1S/C16H16N2O2S2/c19-15(14-6-4-10-22-14)17-13(11-12-5-3-9-21-12)16(20)18-7-1-2-8-18/h3-6,9-11H,1-2,7-8H2,(H,17,19). The Morgan fingerprint density at radius 3 is 2.45 bits per heavy atom.